The van der Waals surface area contributed by atoms with E-state index in [4.69, 9.17) is 8.83 Å². The fourth-order valence-electron chi connectivity index (χ4n) is 3.27. The number of nitrogens with one attached hydrogen (secondary N) is 2. The molecule has 0 bridgehead atoms. The Morgan fingerprint density at radius 1 is 0.788 bits per heavy atom. The number of aromatic nitrogens is 2. The fraction of sp³-hybridized carbons (Fsp3) is 0.269. The number of oxazole rings is 2. The summed E-state index contributed by atoms with van der Waals surface area (Å²) in [5.41, 5.74) is 6.02. The highest BCUT2D eigenvalue weighted by molar-refractivity contribution is 5.79. The van der Waals surface area contributed by atoms with Crippen LogP contribution in [0.5, 0.6) is 0 Å². The predicted octanol–water partition coefficient (Wildman–Crippen LogP) is 4.91. The Hall–Kier alpha value is -3.87. The molecule has 0 saturated carbocycles. The summed E-state index contributed by atoms with van der Waals surface area (Å²) in [4.78, 5) is 13.8. The second-order valence-electron chi connectivity index (χ2n) is 7.89. The predicted molar refractivity (Wildman–Crippen MR) is 130 cm³/mol. The van der Waals surface area contributed by atoms with Gasteiger partial charge in [0.1, 0.15) is 18.2 Å². The molecule has 7 nitrogen and oxygen atoms in total. The van der Waals surface area contributed by atoms with Crippen molar-refractivity contribution >= 4 is 5.96 Å². The molecular formula is C26H29N5O2. The quantitative estimate of drug-likeness (QED) is 0.297. The molecule has 0 aliphatic carbocycles. The molecule has 0 amide bonds. The lowest BCUT2D eigenvalue weighted by Crippen LogP contribution is -2.38. The largest absolute Gasteiger partial charge is 0.444 e. The summed E-state index contributed by atoms with van der Waals surface area (Å²) < 4.78 is 11.3. The van der Waals surface area contributed by atoms with Gasteiger partial charge >= 0.3 is 0 Å². The summed E-state index contributed by atoms with van der Waals surface area (Å²) >= 11 is 0. The first-order valence-corrected chi connectivity index (χ1v) is 11.2. The normalized spacial score (nSPS) is 11.5. The number of benzene rings is 2. The van der Waals surface area contributed by atoms with Crippen LogP contribution in [0, 0.1) is 13.8 Å². The molecule has 0 radical (unpaired) electrons. The van der Waals surface area contributed by atoms with Gasteiger partial charge in [0, 0.05) is 30.6 Å². The highest BCUT2D eigenvalue weighted by atomic mass is 16.3. The maximum atomic E-state index is 5.64. The van der Waals surface area contributed by atoms with Crippen LogP contribution >= 0.6 is 0 Å². The number of nitrogens with zero attached hydrogens (tertiary/aromatic N) is 3. The molecule has 0 unspecified atom stereocenters. The summed E-state index contributed by atoms with van der Waals surface area (Å²) in [6.07, 6.45) is 4.09. The molecule has 4 rings (SSSR count). The molecule has 0 aliphatic heterocycles. The van der Waals surface area contributed by atoms with Crippen molar-refractivity contribution in [2.45, 2.75) is 33.7 Å². The third kappa shape index (κ3) is 6.10. The van der Waals surface area contributed by atoms with E-state index >= 15 is 0 Å². The van der Waals surface area contributed by atoms with Crippen LogP contribution in [-0.2, 0) is 13.0 Å². The van der Waals surface area contributed by atoms with E-state index in [1.54, 1.807) is 12.5 Å². The van der Waals surface area contributed by atoms with Gasteiger partial charge in [-0.3, -0.25) is 0 Å². The van der Waals surface area contributed by atoms with Crippen molar-refractivity contribution in [1.29, 1.82) is 0 Å². The van der Waals surface area contributed by atoms with Crippen LogP contribution in [0.3, 0.4) is 0 Å². The molecule has 2 aromatic carbocycles. The minimum atomic E-state index is 0.423. The van der Waals surface area contributed by atoms with Crippen LogP contribution in [0.4, 0.5) is 0 Å². The SMILES string of the molecule is CCNC(=NCc1coc(-c2ccc(C)cc2)n1)NCCc1coc(-c2ccc(C)cc2)n1. The molecule has 2 aromatic heterocycles. The van der Waals surface area contributed by atoms with Gasteiger partial charge in [-0.05, 0) is 45.0 Å². The summed E-state index contributed by atoms with van der Waals surface area (Å²) in [6, 6.07) is 16.3. The Kier molecular flexibility index (Phi) is 7.19. The minimum Gasteiger partial charge on any atom is -0.444 e. The number of guanidine groups is 1. The third-order valence-corrected chi connectivity index (χ3v) is 5.12. The van der Waals surface area contributed by atoms with Crippen LogP contribution in [0.2, 0.25) is 0 Å². The first-order chi connectivity index (χ1) is 16.1. The Bertz CT molecular complexity index is 1190. The lowest BCUT2D eigenvalue weighted by molar-refractivity contribution is 0.572. The standard InChI is InChI=1S/C26H29N5O2/c1-4-27-26(29-15-23-17-33-25(31-23)21-11-7-19(3)8-12-21)28-14-13-22-16-32-24(30-22)20-9-5-18(2)6-10-20/h5-12,16-17H,4,13-15H2,1-3H3,(H2,27,28,29). The molecular weight excluding hydrogens is 414 g/mol. The number of aliphatic imine (C=N–C) groups is 1. The van der Waals surface area contributed by atoms with Crippen LogP contribution < -0.4 is 10.6 Å². The highest BCUT2D eigenvalue weighted by Crippen LogP contribution is 2.20. The average molecular weight is 444 g/mol. The van der Waals surface area contributed by atoms with Crippen LogP contribution in [0.1, 0.15) is 29.4 Å². The Morgan fingerprint density at radius 3 is 1.91 bits per heavy atom. The molecule has 0 saturated heterocycles. The van der Waals surface area contributed by atoms with Gasteiger partial charge in [0.2, 0.25) is 11.8 Å². The minimum absolute atomic E-state index is 0.423. The third-order valence-electron chi connectivity index (χ3n) is 5.12. The second-order valence-corrected chi connectivity index (χ2v) is 7.89. The van der Waals surface area contributed by atoms with Gasteiger partial charge in [0.05, 0.1) is 12.2 Å². The van der Waals surface area contributed by atoms with Crippen molar-refractivity contribution in [3.8, 4) is 22.9 Å². The maximum Gasteiger partial charge on any atom is 0.226 e. The van der Waals surface area contributed by atoms with E-state index in [0.29, 0.717) is 24.9 Å². The number of aryl methyl sites for hydroxylation is 2. The Balaban J connectivity index is 1.32. The summed E-state index contributed by atoms with van der Waals surface area (Å²) in [5.74, 6) is 1.97. The first kappa shape index (κ1) is 22.3. The molecule has 0 atom stereocenters. The van der Waals surface area contributed by atoms with Gasteiger partial charge in [-0.15, -0.1) is 0 Å². The Labute approximate surface area is 194 Å². The fourth-order valence-corrected chi connectivity index (χ4v) is 3.27. The molecule has 4 aromatic rings. The van der Waals surface area contributed by atoms with Crippen molar-refractivity contribution in [3.05, 3.63) is 83.6 Å². The van der Waals surface area contributed by atoms with Gasteiger partial charge in [0.15, 0.2) is 5.96 Å². The molecule has 2 N–H and O–H groups in total. The maximum absolute atomic E-state index is 5.64. The van der Waals surface area contributed by atoms with Crippen LogP contribution in [0.15, 0.2) is 74.9 Å². The van der Waals surface area contributed by atoms with Crippen molar-refractivity contribution in [1.82, 2.24) is 20.6 Å². The summed E-state index contributed by atoms with van der Waals surface area (Å²) in [6.45, 7) is 8.02. The second kappa shape index (κ2) is 10.6. The van der Waals surface area contributed by atoms with E-state index in [1.165, 1.54) is 11.1 Å². The van der Waals surface area contributed by atoms with E-state index in [9.17, 15) is 0 Å². The van der Waals surface area contributed by atoms with Gasteiger partial charge in [0.25, 0.3) is 0 Å². The van der Waals surface area contributed by atoms with Crippen molar-refractivity contribution in [3.63, 3.8) is 0 Å². The zero-order chi connectivity index (χ0) is 23.0. The average Bonchev–Trinajstić information content (AvgIpc) is 3.49. The monoisotopic (exact) mass is 443 g/mol. The van der Waals surface area contributed by atoms with E-state index in [1.807, 2.05) is 43.3 Å². The highest BCUT2D eigenvalue weighted by Gasteiger charge is 2.08. The van der Waals surface area contributed by atoms with Crippen molar-refractivity contribution < 1.29 is 8.83 Å². The molecule has 0 fully saturated rings. The van der Waals surface area contributed by atoms with Gasteiger partial charge in [-0.2, -0.15) is 0 Å². The van der Waals surface area contributed by atoms with Gasteiger partial charge in [-0.25, -0.2) is 15.0 Å². The van der Waals surface area contributed by atoms with Gasteiger partial charge in [-0.1, -0.05) is 35.4 Å². The zero-order valence-electron chi connectivity index (χ0n) is 19.3. The molecule has 2 heterocycles. The molecule has 7 heteroatoms. The van der Waals surface area contributed by atoms with Crippen LogP contribution in [-0.4, -0.2) is 29.0 Å². The smallest absolute Gasteiger partial charge is 0.226 e. The van der Waals surface area contributed by atoms with E-state index in [-0.39, 0.29) is 0 Å². The first-order valence-electron chi connectivity index (χ1n) is 11.2. The van der Waals surface area contributed by atoms with E-state index < -0.39 is 0 Å². The zero-order valence-corrected chi connectivity index (χ0v) is 19.3. The lowest BCUT2D eigenvalue weighted by Gasteiger charge is -2.10. The molecule has 0 spiro atoms. The topological polar surface area (TPSA) is 88.5 Å². The lowest BCUT2D eigenvalue weighted by atomic mass is 10.1. The number of rotatable bonds is 8. The van der Waals surface area contributed by atoms with Crippen LogP contribution in [0.25, 0.3) is 22.9 Å². The van der Waals surface area contributed by atoms with Gasteiger partial charge < -0.3 is 19.5 Å². The van der Waals surface area contributed by atoms with Crippen molar-refractivity contribution in [2.24, 2.45) is 4.99 Å². The van der Waals surface area contributed by atoms with Crippen molar-refractivity contribution in [2.75, 3.05) is 13.1 Å². The van der Waals surface area contributed by atoms with E-state index in [0.717, 1.165) is 41.4 Å². The summed E-state index contributed by atoms with van der Waals surface area (Å²) in [7, 11) is 0. The summed E-state index contributed by atoms with van der Waals surface area (Å²) in [5, 5.41) is 6.60. The van der Waals surface area contributed by atoms with E-state index in [2.05, 4.69) is 51.6 Å². The number of hydrogen-bond acceptors (Lipinski definition) is 5. The number of hydrogen-bond donors (Lipinski definition) is 2. The molecule has 33 heavy (non-hydrogen) atoms. The molecule has 0 aliphatic rings. The molecule has 170 valence electrons. The Morgan fingerprint density at radius 2 is 1.33 bits per heavy atom.